The lowest BCUT2D eigenvalue weighted by Crippen LogP contribution is -2.48. The molecule has 7 heteroatoms. The number of piperazine rings is 1. The van der Waals surface area contributed by atoms with Crippen LogP contribution in [0.5, 0.6) is 0 Å². The normalized spacial score (nSPS) is 18.8. The van der Waals surface area contributed by atoms with Gasteiger partial charge in [0.05, 0.1) is 4.90 Å². The van der Waals surface area contributed by atoms with Crippen LogP contribution in [-0.4, -0.2) is 57.4 Å². The van der Waals surface area contributed by atoms with Gasteiger partial charge in [-0.2, -0.15) is 4.31 Å². The number of likely N-dealkylation sites (N-methyl/N-ethyl adjacent to an activating group) is 1. The van der Waals surface area contributed by atoms with E-state index >= 15 is 0 Å². The molecule has 0 unspecified atom stereocenters. The summed E-state index contributed by atoms with van der Waals surface area (Å²) in [5.41, 5.74) is 0. The second-order valence-corrected chi connectivity index (χ2v) is 7.48. The highest BCUT2D eigenvalue weighted by atomic mass is 32.2. The molecule has 19 heavy (non-hydrogen) atoms. The highest BCUT2D eigenvalue weighted by molar-refractivity contribution is 7.89. The van der Waals surface area contributed by atoms with Gasteiger partial charge in [0, 0.05) is 37.6 Å². The quantitative estimate of drug-likeness (QED) is 0.874. The van der Waals surface area contributed by atoms with Crippen LogP contribution in [-0.2, 0) is 16.6 Å². The molecule has 0 bridgehead atoms. The van der Waals surface area contributed by atoms with Crippen LogP contribution in [0.2, 0.25) is 0 Å². The van der Waals surface area contributed by atoms with Gasteiger partial charge < -0.3 is 10.2 Å². The van der Waals surface area contributed by atoms with Gasteiger partial charge in [-0.15, -0.1) is 11.3 Å². The Bertz CT molecular complexity index is 505. The highest BCUT2D eigenvalue weighted by Gasteiger charge is 2.30. The van der Waals surface area contributed by atoms with Crippen molar-refractivity contribution >= 4 is 21.4 Å². The fourth-order valence-electron chi connectivity index (χ4n) is 2.27. The van der Waals surface area contributed by atoms with Crippen LogP contribution in [0.4, 0.5) is 0 Å². The van der Waals surface area contributed by atoms with Gasteiger partial charge in [0.25, 0.3) is 0 Å². The molecule has 2 rings (SSSR count). The van der Waals surface area contributed by atoms with Crippen LogP contribution < -0.4 is 5.32 Å². The first-order chi connectivity index (χ1) is 9.09. The summed E-state index contributed by atoms with van der Waals surface area (Å²) in [7, 11) is -1.50. The molecule has 1 aromatic rings. The van der Waals surface area contributed by atoms with E-state index in [0.717, 1.165) is 24.5 Å². The van der Waals surface area contributed by atoms with E-state index in [1.54, 1.807) is 10.4 Å². The number of rotatable bonds is 5. The van der Waals surface area contributed by atoms with Gasteiger partial charge in [-0.25, -0.2) is 8.42 Å². The predicted octanol–water partition coefficient (Wildman–Crippen LogP) is 0.794. The third kappa shape index (κ3) is 3.17. The zero-order chi connectivity index (χ0) is 13.9. The van der Waals surface area contributed by atoms with E-state index in [4.69, 9.17) is 0 Å². The molecule has 1 N–H and O–H groups in total. The fourth-order valence-corrected chi connectivity index (χ4v) is 5.12. The first-order valence-corrected chi connectivity index (χ1v) is 8.85. The van der Waals surface area contributed by atoms with Gasteiger partial charge in [-0.3, -0.25) is 0 Å². The van der Waals surface area contributed by atoms with Crippen LogP contribution in [0, 0.1) is 0 Å². The summed E-state index contributed by atoms with van der Waals surface area (Å²) < 4.78 is 26.9. The molecule has 1 aliphatic heterocycles. The molecule has 0 spiro atoms. The summed E-state index contributed by atoms with van der Waals surface area (Å²) in [4.78, 5) is 3.63. The molecule has 2 heterocycles. The Morgan fingerprint density at radius 2 is 2.00 bits per heavy atom. The number of nitrogens with zero attached hydrogens (tertiary/aromatic N) is 2. The van der Waals surface area contributed by atoms with Crippen molar-refractivity contribution in [3.63, 3.8) is 0 Å². The van der Waals surface area contributed by atoms with Gasteiger partial charge in [0.15, 0.2) is 0 Å². The number of sulfonamides is 1. The smallest absolute Gasteiger partial charge is 0.244 e. The first kappa shape index (κ1) is 14.9. The molecule has 0 atom stereocenters. The third-order valence-electron chi connectivity index (χ3n) is 3.44. The van der Waals surface area contributed by atoms with Crippen LogP contribution in [0.3, 0.4) is 0 Å². The van der Waals surface area contributed by atoms with Gasteiger partial charge in [0.2, 0.25) is 10.0 Å². The maximum atomic E-state index is 12.6. The SMILES string of the molecule is CCN1CCN(S(=O)(=O)c2ccsc2CNC)CC1. The number of hydrogen-bond acceptors (Lipinski definition) is 5. The van der Waals surface area contributed by atoms with Crippen LogP contribution in [0.15, 0.2) is 16.3 Å². The molecule has 1 fully saturated rings. The molecule has 1 aromatic heterocycles. The van der Waals surface area contributed by atoms with E-state index in [9.17, 15) is 8.42 Å². The van der Waals surface area contributed by atoms with E-state index in [-0.39, 0.29) is 0 Å². The zero-order valence-electron chi connectivity index (χ0n) is 11.4. The molecule has 5 nitrogen and oxygen atoms in total. The van der Waals surface area contributed by atoms with Crippen molar-refractivity contribution < 1.29 is 8.42 Å². The van der Waals surface area contributed by atoms with Gasteiger partial charge in [0.1, 0.15) is 0 Å². The largest absolute Gasteiger partial charge is 0.315 e. The molecular weight excluding hydrogens is 282 g/mol. The second-order valence-electron chi connectivity index (χ2n) is 4.58. The van der Waals surface area contributed by atoms with E-state index < -0.39 is 10.0 Å². The Hall–Kier alpha value is -0.470. The molecule has 1 aliphatic rings. The molecule has 0 aliphatic carbocycles. The summed E-state index contributed by atoms with van der Waals surface area (Å²) >= 11 is 1.49. The Morgan fingerprint density at radius 3 is 2.58 bits per heavy atom. The van der Waals surface area contributed by atoms with Crippen LogP contribution in [0.1, 0.15) is 11.8 Å². The summed E-state index contributed by atoms with van der Waals surface area (Å²) in [6.07, 6.45) is 0. The second kappa shape index (κ2) is 6.32. The predicted molar refractivity (Wildman–Crippen MR) is 78.0 cm³/mol. The van der Waals surface area contributed by atoms with Gasteiger partial charge in [-0.1, -0.05) is 6.92 Å². The third-order valence-corrected chi connectivity index (χ3v) is 6.47. The van der Waals surface area contributed by atoms with E-state index in [1.807, 2.05) is 12.4 Å². The lowest BCUT2D eigenvalue weighted by atomic mass is 10.4. The van der Waals surface area contributed by atoms with Gasteiger partial charge >= 0.3 is 0 Å². The molecular formula is C12H21N3O2S2. The number of thiophene rings is 1. The minimum Gasteiger partial charge on any atom is -0.315 e. The van der Waals surface area contributed by atoms with Crippen molar-refractivity contribution in [1.82, 2.24) is 14.5 Å². The van der Waals surface area contributed by atoms with E-state index in [2.05, 4.69) is 17.1 Å². The van der Waals surface area contributed by atoms with Crippen LogP contribution in [0.25, 0.3) is 0 Å². The summed E-state index contributed by atoms with van der Waals surface area (Å²) in [5.74, 6) is 0. The van der Waals surface area contributed by atoms with E-state index in [0.29, 0.717) is 24.5 Å². The fraction of sp³-hybridized carbons (Fsp3) is 0.667. The van der Waals surface area contributed by atoms with Crippen molar-refractivity contribution in [3.05, 3.63) is 16.3 Å². The maximum absolute atomic E-state index is 12.6. The summed E-state index contributed by atoms with van der Waals surface area (Å²) in [5, 5.41) is 4.87. The molecule has 0 radical (unpaired) electrons. The number of nitrogens with one attached hydrogen (secondary N) is 1. The topological polar surface area (TPSA) is 52.7 Å². The van der Waals surface area contributed by atoms with E-state index in [1.165, 1.54) is 11.3 Å². The molecule has 108 valence electrons. The first-order valence-electron chi connectivity index (χ1n) is 6.53. The Balaban J connectivity index is 2.16. The van der Waals surface area contributed by atoms with Gasteiger partial charge in [-0.05, 0) is 25.0 Å². The average molecular weight is 303 g/mol. The minimum atomic E-state index is -3.33. The lowest BCUT2D eigenvalue weighted by molar-refractivity contribution is 0.196. The monoisotopic (exact) mass is 303 g/mol. The number of hydrogen-bond donors (Lipinski definition) is 1. The minimum absolute atomic E-state index is 0.469. The molecule has 0 amide bonds. The maximum Gasteiger partial charge on any atom is 0.244 e. The molecule has 0 aromatic carbocycles. The Kier molecular flexibility index (Phi) is 4.97. The zero-order valence-corrected chi connectivity index (χ0v) is 13.1. The lowest BCUT2D eigenvalue weighted by Gasteiger charge is -2.33. The Labute approximate surface area is 119 Å². The van der Waals surface area contributed by atoms with Crippen molar-refractivity contribution in [3.8, 4) is 0 Å². The molecule has 1 saturated heterocycles. The highest BCUT2D eigenvalue weighted by Crippen LogP contribution is 2.25. The summed E-state index contributed by atoms with van der Waals surface area (Å²) in [6.45, 7) is 6.51. The standard InChI is InChI=1S/C12H21N3O2S2/c1-3-14-5-7-15(8-6-14)19(16,17)12-4-9-18-11(12)10-13-2/h4,9,13H,3,5-8,10H2,1-2H3. The van der Waals surface area contributed by atoms with Crippen molar-refractivity contribution in [2.75, 3.05) is 39.8 Å². The van der Waals surface area contributed by atoms with Crippen molar-refractivity contribution in [1.29, 1.82) is 0 Å². The molecule has 0 saturated carbocycles. The van der Waals surface area contributed by atoms with Crippen molar-refractivity contribution in [2.45, 2.75) is 18.4 Å². The Morgan fingerprint density at radius 1 is 1.32 bits per heavy atom. The average Bonchev–Trinajstić information content (AvgIpc) is 2.88. The summed E-state index contributed by atoms with van der Waals surface area (Å²) in [6, 6.07) is 1.72. The van der Waals surface area contributed by atoms with Crippen molar-refractivity contribution in [2.24, 2.45) is 0 Å². The van der Waals surface area contributed by atoms with Crippen LogP contribution >= 0.6 is 11.3 Å².